The molecule has 0 N–H and O–H groups in total. The first-order valence-electron chi connectivity index (χ1n) is 4.65. The second kappa shape index (κ2) is 5.06. The summed E-state index contributed by atoms with van der Waals surface area (Å²) in [4.78, 5) is 0. The molecule has 1 saturated heterocycles. The van der Waals surface area contributed by atoms with E-state index in [-0.39, 0.29) is 0 Å². The van der Waals surface area contributed by atoms with Crippen LogP contribution >= 0.6 is 0 Å². The number of ether oxygens (including phenoxy) is 2. The zero-order chi connectivity index (χ0) is 9.57. The third-order valence-corrected chi connectivity index (χ3v) is 2.12. The Hall–Kier alpha value is -0.780. The van der Waals surface area contributed by atoms with Crippen molar-refractivity contribution in [3.63, 3.8) is 0 Å². The van der Waals surface area contributed by atoms with Gasteiger partial charge in [-0.2, -0.15) is 0 Å². The van der Waals surface area contributed by atoms with Gasteiger partial charge in [0.2, 0.25) is 0 Å². The molecule has 0 aromatic carbocycles. The van der Waals surface area contributed by atoms with Crippen LogP contribution < -0.4 is 0 Å². The zero-order valence-electron chi connectivity index (χ0n) is 7.92. The van der Waals surface area contributed by atoms with Gasteiger partial charge in [0, 0.05) is 19.3 Å². The van der Waals surface area contributed by atoms with Gasteiger partial charge in [0.1, 0.15) is 0 Å². The van der Waals surface area contributed by atoms with E-state index in [1.807, 2.05) is 6.08 Å². The lowest BCUT2D eigenvalue weighted by Gasteiger charge is -2.36. The molecule has 1 rings (SSSR count). The molecule has 2 heteroatoms. The lowest BCUT2D eigenvalue weighted by atomic mass is 10.1. The van der Waals surface area contributed by atoms with Gasteiger partial charge in [0.25, 0.3) is 0 Å². The van der Waals surface area contributed by atoms with Crippen LogP contribution in [0.4, 0.5) is 0 Å². The summed E-state index contributed by atoms with van der Waals surface area (Å²) in [5.74, 6) is 2.12. The fraction of sp³-hybridized carbons (Fsp3) is 0.636. The van der Waals surface area contributed by atoms with E-state index < -0.39 is 5.79 Å². The fourth-order valence-corrected chi connectivity index (χ4v) is 1.46. The Balaban J connectivity index is 2.51. The molecular weight excluding hydrogens is 164 g/mol. The molecule has 0 radical (unpaired) electrons. The molecule has 2 nitrogen and oxygen atoms in total. The van der Waals surface area contributed by atoms with Crippen molar-refractivity contribution in [2.75, 3.05) is 13.2 Å². The first-order chi connectivity index (χ1) is 6.33. The Morgan fingerprint density at radius 1 is 1.46 bits per heavy atom. The molecule has 0 bridgehead atoms. The first kappa shape index (κ1) is 10.3. The summed E-state index contributed by atoms with van der Waals surface area (Å²) in [6.07, 6.45) is 10.2. The molecule has 1 fully saturated rings. The smallest absolute Gasteiger partial charge is 0.172 e. The van der Waals surface area contributed by atoms with Crippen molar-refractivity contribution in [3.05, 3.63) is 12.7 Å². The minimum absolute atomic E-state index is 0.480. The van der Waals surface area contributed by atoms with Crippen LogP contribution in [-0.4, -0.2) is 19.0 Å². The van der Waals surface area contributed by atoms with Gasteiger partial charge in [-0.1, -0.05) is 6.08 Å². The first-order valence-corrected chi connectivity index (χ1v) is 4.65. The normalized spacial score (nSPS) is 20.5. The second-order valence-corrected chi connectivity index (χ2v) is 3.16. The average Bonchev–Trinajstić information content (AvgIpc) is 2.17. The topological polar surface area (TPSA) is 18.5 Å². The zero-order valence-corrected chi connectivity index (χ0v) is 7.92. The van der Waals surface area contributed by atoms with Crippen LogP contribution in [0.25, 0.3) is 0 Å². The van der Waals surface area contributed by atoms with Gasteiger partial charge in [-0.05, 0) is 6.42 Å². The summed E-state index contributed by atoms with van der Waals surface area (Å²) < 4.78 is 11.2. The maximum Gasteiger partial charge on any atom is 0.172 e. The van der Waals surface area contributed by atoms with E-state index in [2.05, 4.69) is 12.5 Å². The summed E-state index contributed by atoms with van der Waals surface area (Å²) >= 11 is 0. The van der Waals surface area contributed by atoms with E-state index in [0.29, 0.717) is 12.8 Å². The highest BCUT2D eigenvalue weighted by Crippen LogP contribution is 2.28. The van der Waals surface area contributed by atoms with Crippen molar-refractivity contribution in [1.29, 1.82) is 0 Å². The third kappa shape index (κ3) is 2.87. The summed E-state index contributed by atoms with van der Waals surface area (Å²) in [6, 6.07) is 0. The number of hydrogen-bond donors (Lipinski definition) is 0. The van der Waals surface area contributed by atoms with Gasteiger partial charge in [-0.15, -0.1) is 18.9 Å². The lowest BCUT2D eigenvalue weighted by Crippen LogP contribution is -2.40. The molecule has 1 heterocycles. The van der Waals surface area contributed by atoms with Gasteiger partial charge in [0.15, 0.2) is 5.79 Å². The van der Waals surface area contributed by atoms with E-state index in [9.17, 15) is 0 Å². The second-order valence-electron chi connectivity index (χ2n) is 3.16. The molecule has 0 saturated carbocycles. The minimum atomic E-state index is -0.480. The van der Waals surface area contributed by atoms with Crippen LogP contribution in [-0.2, 0) is 9.47 Å². The molecule has 0 unspecified atom stereocenters. The fourth-order valence-electron chi connectivity index (χ4n) is 1.46. The molecule has 0 spiro atoms. The molecule has 0 aliphatic carbocycles. The molecule has 0 atom stereocenters. The molecule has 0 amide bonds. The van der Waals surface area contributed by atoms with Crippen molar-refractivity contribution in [1.82, 2.24) is 0 Å². The summed E-state index contributed by atoms with van der Waals surface area (Å²) in [6.45, 7) is 5.22. The van der Waals surface area contributed by atoms with Crippen molar-refractivity contribution in [3.8, 4) is 12.3 Å². The van der Waals surface area contributed by atoms with Gasteiger partial charge < -0.3 is 9.47 Å². The molecule has 0 aromatic heterocycles. The maximum atomic E-state index is 5.62. The lowest BCUT2D eigenvalue weighted by molar-refractivity contribution is -0.267. The number of rotatable bonds is 4. The minimum Gasteiger partial charge on any atom is -0.349 e. The van der Waals surface area contributed by atoms with Crippen molar-refractivity contribution < 1.29 is 9.47 Å². The van der Waals surface area contributed by atoms with Crippen molar-refractivity contribution in [2.24, 2.45) is 0 Å². The van der Waals surface area contributed by atoms with E-state index in [1.54, 1.807) is 0 Å². The van der Waals surface area contributed by atoms with Gasteiger partial charge in [-0.3, -0.25) is 0 Å². The highest BCUT2D eigenvalue weighted by molar-refractivity contribution is 4.90. The Bertz CT molecular complexity index is 197. The van der Waals surface area contributed by atoms with E-state index in [0.717, 1.165) is 26.1 Å². The highest BCUT2D eigenvalue weighted by Gasteiger charge is 2.32. The summed E-state index contributed by atoms with van der Waals surface area (Å²) in [7, 11) is 0. The van der Waals surface area contributed by atoms with Gasteiger partial charge in [0.05, 0.1) is 13.2 Å². The molecule has 0 aromatic rings. The predicted molar refractivity (Wildman–Crippen MR) is 52.1 cm³/mol. The molecule has 1 aliphatic heterocycles. The molecule has 72 valence electrons. The Labute approximate surface area is 79.9 Å². The van der Waals surface area contributed by atoms with Gasteiger partial charge >= 0.3 is 0 Å². The summed E-state index contributed by atoms with van der Waals surface area (Å²) in [5, 5.41) is 0. The van der Waals surface area contributed by atoms with Crippen LogP contribution in [0.5, 0.6) is 0 Å². The number of hydrogen-bond acceptors (Lipinski definition) is 2. The Kier molecular flexibility index (Phi) is 4.01. The summed E-state index contributed by atoms with van der Waals surface area (Å²) in [5.41, 5.74) is 0. The van der Waals surface area contributed by atoms with Crippen LogP contribution in [0, 0.1) is 12.3 Å². The number of terminal acetylenes is 1. The predicted octanol–water partition coefficient (Wildman–Crippen LogP) is 2.11. The molecule has 1 aliphatic rings. The van der Waals surface area contributed by atoms with E-state index >= 15 is 0 Å². The average molecular weight is 180 g/mol. The van der Waals surface area contributed by atoms with Gasteiger partial charge in [-0.25, -0.2) is 0 Å². The highest BCUT2D eigenvalue weighted by atomic mass is 16.7. The quantitative estimate of drug-likeness (QED) is 0.487. The monoisotopic (exact) mass is 180 g/mol. The van der Waals surface area contributed by atoms with Crippen LogP contribution in [0.3, 0.4) is 0 Å². The Morgan fingerprint density at radius 2 is 2.15 bits per heavy atom. The molecule has 13 heavy (non-hydrogen) atoms. The Morgan fingerprint density at radius 3 is 2.69 bits per heavy atom. The van der Waals surface area contributed by atoms with Crippen molar-refractivity contribution in [2.45, 2.75) is 31.5 Å². The van der Waals surface area contributed by atoms with Crippen LogP contribution in [0.2, 0.25) is 0 Å². The van der Waals surface area contributed by atoms with Crippen LogP contribution in [0.1, 0.15) is 25.7 Å². The standard InChI is InChI=1S/C11H16O2/c1-3-5-8-11(7-4-2)12-9-6-10-13-11/h1,4H,2,5-10H2. The van der Waals surface area contributed by atoms with E-state index in [4.69, 9.17) is 15.9 Å². The molecular formula is C11H16O2. The largest absolute Gasteiger partial charge is 0.349 e. The van der Waals surface area contributed by atoms with Crippen LogP contribution in [0.15, 0.2) is 12.7 Å². The third-order valence-electron chi connectivity index (χ3n) is 2.12. The van der Waals surface area contributed by atoms with E-state index in [1.165, 1.54) is 0 Å². The SMILES string of the molecule is C#CCCC1(CC=C)OCCCO1. The maximum absolute atomic E-state index is 5.62. The van der Waals surface area contributed by atoms with Crippen molar-refractivity contribution >= 4 is 0 Å².